The van der Waals surface area contributed by atoms with Gasteiger partial charge in [0, 0.05) is 30.0 Å². The Kier molecular flexibility index (Phi) is 5.65. The molecular weight excluding hydrogens is 352 g/mol. The molecule has 1 amide bonds. The van der Waals surface area contributed by atoms with Crippen LogP contribution in [0, 0.1) is 5.92 Å². The minimum atomic E-state index is -0.266. The highest BCUT2D eigenvalue weighted by molar-refractivity contribution is 6.03. The van der Waals surface area contributed by atoms with Crippen LogP contribution in [0.1, 0.15) is 65.8 Å². The van der Waals surface area contributed by atoms with Crippen molar-refractivity contribution in [1.29, 1.82) is 0 Å². The molecule has 0 saturated heterocycles. The van der Waals surface area contributed by atoms with Crippen molar-refractivity contribution in [1.82, 2.24) is 9.97 Å². The maximum Gasteiger partial charge on any atom is 0.274 e. The molecule has 2 aliphatic carbocycles. The number of aromatic nitrogens is 2. The van der Waals surface area contributed by atoms with Crippen LogP contribution < -0.4 is 10.2 Å². The number of hydrogen-bond donors (Lipinski definition) is 1. The van der Waals surface area contributed by atoms with E-state index >= 15 is 0 Å². The van der Waals surface area contributed by atoms with E-state index in [1.165, 1.54) is 44.9 Å². The number of carbonyl (C=O) groups is 2. The molecule has 2 saturated carbocycles. The van der Waals surface area contributed by atoms with E-state index in [9.17, 15) is 9.59 Å². The minimum Gasteiger partial charge on any atom is -0.338 e. The Hall–Kier alpha value is -2.76. The molecule has 146 valence electrons. The van der Waals surface area contributed by atoms with Gasteiger partial charge in [0.25, 0.3) is 5.91 Å². The molecule has 0 radical (unpaired) electrons. The fourth-order valence-corrected chi connectivity index (χ4v) is 3.82. The zero-order valence-electron chi connectivity index (χ0n) is 16.0. The van der Waals surface area contributed by atoms with Crippen LogP contribution in [0.3, 0.4) is 0 Å². The molecule has 2 aromatic rings. The zero-order valence-corrected chi connectivity index (χ0v) is 16.0. The van der Waals surface area contributed by atoms with Crippen molar-refractivity contribution < 1.29 is 9.59 Å². The normalized spacial score (nSPS) is 17.1. The van der Waals surface area contributed by atoms with Gasteiger partial charge in [-0.15, -0.1) is 0 Å². The summed E-state index contributed by atoms with van der Waals surface area (Å²) in [4.78, 5) is 34.9. The van der Waals surface area contributed by atoms with Crippen LogP contribution in [0.25, 0.3) is 0 Å². The first kappa shape index (κ1) is 18.6. The Morgan fingerprint density at radius 1 is 1.07 bits per heavy atom. The molecule has 6 heteroatoms. The van der Waals surface area contributed by atoms with Crippen LogP contribution in [0.5, 0.6) is 0 Å². The van der Waals surface area contributed by atoms with Crippen LogP contribution in [0.15, 0.2) is 36.5 Å². The van der Waals surface area contributed by atoms with E-state index in [1.807, 2.05) is 0 Å². The summed E-state index contributed by atoms with van der Waals surface area (Å²) in [7, 11) is 0. The topological polar surface area (TPSA) is 75.2 Å². The summed E-state index contributed by atoms with van der Waals surface area (Å²) in [6, 6.07) is 8.90. The maximum absolute atomic E-state index is 12.7. The molecule has 0 unspecified atom stereocenters. The fourth-order valence-electron chi connectivity index (χ4n) is 3.82. The van der Waals surface area contributed by atoms with E-state index in [0.29, 0.717) is 28.9 Å². The third-order valence-electron chi connectivity index (χ3n) is 5.60. The maximum atomic E-state index is 12.7. The third kappa shape index (κ3) is 4.55. The van der Waals surface area contributed by atoms with E-state index in [1.54, 1.807) is 36.5 Å². The summed E-state index contributed by atoms with van der Waals surface area (Å²) in [6.45, 7) is 0.989. The Bertz CT molecular complexity index is 827. The van der Waals surface area contributed by atoms with Gasteiger partial charge in [-0.1, -0.05) is 19.3 Å². The van der Waals surface area contributed by atoms with E-state index in [-0.39, 0.29) is 5.91 Å². The Balaban J connectivity index is 1.50. The van der Waals surface area contributed by atoms with Crippen molar-refractivity contribution in [3.8, 4) is 0 Å². The molecular formula is C22H26N4O2. The predicted octanol–water partition coefficient (Wildman–Crippen LogP) is 4.09. The van der Waals surface area contributed by atoms with Crippen LogP contribution in [0.4, 0.5) is 11.6 Å². The highest BCUT2D eigenvalue weighted by Gasteiger charge is 2.30. The molecule has 1 heterocycles. The second-order valence-electron chi connectivity index (χ2n) is 7.82. The molecule has 2 aliphatic rings. The Morgan fingerprint density at radius 2 is 1.82 bits per heavy atom. The second-order valence-corrected chi connectivity index (χ2v) is 7.82. The minimum absolute atomic E-state index is 0.266. The number of nitrogens with one attached hydrogen (secondary N) is 1. The zero-order chi connectivity index (χ0) is 19.3. The molecule has 6 nitrogen and oxygen atoms in total. The van der Waals surface area contributed by atoms with Gasteiger partial charge < -0.3 is 10.2 Å². The summed E-state index contributed by atoms with van der Waals surface area (Å²) in [5.41, 5.74) is 1.57. The number of amides is 1. The van der Waals surface area contributed by atoms with E-state index < -0.39 is 0 Å². The molecule has 0 aliphatic heterocycles. The summed E-state index contributed by atoms with van der Waals surface area (Å²) in [5.74, 6) is 1.14. The van der Waals surface area contributed by atoms with Gasteiger partial charge in [0.2, 0.25) is 5.95 Å². The SMILES string of the molecule is O=Cc1ccc(NC(=O)c2ccnc(N(CC3CC3)C3CCCCC3)n2)cc1. The third-order valence-corrected chi connectivity index (χ3v) is 5.60. The summed E-state index contributed by atoms with van der Waals surface area (Å²) < 4.78 is 0. The average molecular weight is 378 g/mol. The molecule has 0 spiro atoms. The van der Waals surface area contributed by atoms with Gasteiger partial charge in [-0.3, -0.25) is 9.59 Å². The second kappa shape index (κ2) is 8.50. The quantitative estimate of drug-likeness (QED) is 0.735. The van der Waals surface area contributed by atoms with Crippen molar-refractivity contribution in [2.75, 3.05) is 16.8 Å². The van der Waals surface area contributed by atoms with Crippen molar-refractivity contribution in [3.63, 3.8) is 0 Å². The number of benzene rings is 1. The number of aldehydes is 1. The molecule has 28 heavy (non-hydrogen) atoms. The molecule has 4 rings (SSSR count). The van der Waals surface area contributed by atoms with Crippen LogP contribution in [-0.4, -0.2) is 34.7 Å². The standard InChI is InChI=1S/C22H26N4O2/c27-15-17-8-10-18(11-9-17)24-21(28)20-12-13-23-22(25-20)26(14-16-6-7-16)19-4-2-1-3-5-19/h8-13,15-16,19H,1-7,14H2,(H,24,28). The lowest BCUT2D eigenvalue weighted by atomic mass is 9.94. The lowest BCUT2D eigenvalue weighted by Crippen LogP contribution is -2.39. The first-order chi connectivity index (χ1) is 13.7. The summed E-state index contributed by atoms with van der Waals surface area (Å²) in [5, 5.41) is 2.84. The van der Waals surface area contributed by atoms with Crippen molar-refractivity contribution >= 4 is 23.8 Å². The van der Waals surface area contributed by atoms with E-state index in [0.717, 1.165) is 18.7 Å². The summed E-state index contributed by atoms with van der Waals surface area (Å²) >= 11 is 0. The number of carbonyl (C=O) groups excluding carboxylic acids is 2. The Labute approximate surface area is 165 Å². The molecule has 1 N–H and O–H groups in total. The molecule has 1 aromatic heterocycles. The Morgan fingerprint density at radius 3 is 2.50 bits per heavy atom. The number of rotatable bonds is 7. The molecule has 0 bridgehead atoms. The first-order valence-corrected chi connectivity index (χ1v) is 10.2. The van der Waals surface area contributed by atoms with Crippen LogP contribution in [-0.2, 0) is 0 Å². The van der Waals surface area contributed by atoms with Crippen molar-refractivity contribution in [2.45, 2.75) is 51.0 Å². The van der Waals surface area contributed by atoms with Crippen molar-refractivity contribution in [3.05, 3.63) is 47.8 Å². The smallest absolute Gasteiger partial charge is 0.274 e. The number of anilines is 2. The van der Waals surface area contributed by atoms with Gasteiger partial charge in [-0.2, -0.15) is 0 Å². The van der Waals surface area contributed by atoms with Gasteiger partial charge >= 0.3 is 0 Å². The van der Waals surface area contributed by atoms with Gasteiger partial charge in [0.05, 0.1) is 0 Å². The fraction of sp³-hybridized carbons (Fsp3) is 0.455. The highest BCUT2D eigenvalue weighted by atomic mass is 16.1. The lowest BCUT2D eigenvalue weighted by molar-refractivity contribution is 0.102. The monoisotopic (exact) mass is 378 g/mol. The average Bonchev–Trinajstić information content (AvgIpc) is 3.57. The van der Waals surface area contributed by atoms with Crippen LogP contribution in [0.2, 0.25) is 0 Å². The van der Waals surface area contributed by atoms with Gasteiger partial charge in [-0.25, -0.2) is 9.97 Å². The number of nitrogens with zero attached hydrogens (tertiary/aromatic N) is 3. The van der Waals surface area contributed by atoms with Gasteiger partial charge in [0.15, 0.2) is 0 Å². The molecule has 2 fully saturated rings. The van der Waals surface area contributed by atoms with Crippen LogP contribution >= 0.6 is 0 Å². The van der Waals surface area contributed by atoms with E-state index in [4.69, 9.17) is 0 Å². The number of hydrogen-bond acceptors (Lipinski definition) is 5. The van der Waals surface area contributed by atoms with Gasteiger partial charge in [-0.05, 0) is 61.9 Å². The first-order valence-electron chi connectivity index (χ1n) is 10.2. The van der Waals surface area contributed by atoms with Crippen molar-refractivity contribution in [2.24, 2.45) is 5.92 Å². The lowest BCUT2D eigenvalue weighted by Gasteiger charge is -2.34. The molecule has 1 aromatic carbocycles. The summed E-state index contributed by atoms with van der Waals surface area (Å²) in [6.07, 6.45) is 11.2. The predicted molar refractivity (Wildman–Crippen MR) is 109 cm³/mol. The molecule has 0 atom stereocenters. The van der Waals surface area contributed by atoms with E-state index in [2.05, 4.69) is 20.2 Å². The highest BCUT2D eigenvalue weighted by Crippen LogP contribution is 2.34. The largest absolute Gasteiger partial charge is 0.338 e. The van der Waals surface area contributed by atoms with Gasteiger partial charge in [0.1, 0.15) is 12.0 Å².